The van der Waals surface area contributed by atoms with Gasteiger partial charge in [0.25, 0.3) is 0 Å². The number of hydrogen-bond donors (Lipinski definition) is 1. The third-order valence-electron chi connectivity index (χ3n) is 5.32. The van der Waals surface area contributed by atoms with Crippen molar-refractivity contribution in [3.63, 3.8) is 0 Å². The Hall–Kier alpha value is -0.900. The van der Waals surface area contributed by atoms with Crippen molar-refractivity contribution in [2.45, 2.75) is 70.6 Å². The highest BCUT2D eigenvalue weighted by atomic mass is 16.5. The maximum atomic E-state index is 5.47. The molecule has 0 radical (unpaired) electrons. The molecule has 0 spiro atoms. The van der Waals surface area contributed by atoms with Gasteiger partial charge in [-0.3, -0.25) is 0 Å². The van der Waals surface area contributed by atoms with E-state index in [0.29, 0.717) is 5.92 Å². The molecule has 1 N–H and O–H groups in total. The van der Waals surface area contributed by atoms with Crippen LogP contribution in [0.1, 0.15) is 75.9 Å². The Bertz CT molecular complexity index is 417. The Morgan fingerprint density at radius 2 is 1.95 bits per heavy atom. The van der Waals surface area contributed by atoms with E-state index in [-0.39, 0.29) is 0 Å². The highest BCUT2D eigenvalue weighted by Gasteiger charge is 2.25. The topological polar surface area (TPSA) is 51.0 Å². The van der Waals surface area contributed by atoms with Gasteiger partial charge in [-0.15, -0.1) is 0 Å². The minimum absolute atomic E-state index is 0.545. The molecule has 4 nitrogen and oxygen atoms in total. The fraction of sp³-hybridized carbons (Fsp3) is 0.882. The second kappa shape index (κ2) is 7.39. The summed E-state index contributed by atoms with van der Waals surface area (Å²) < 4.78 is 5.47. The van der Waals surface area contributed by atoms with Gasteiger partial charge in [-0.05, 0) is 63.5 Å². The summed E-state index contributed by atoms with van der Waals surface area (Å²) in [6, 6.07) is 0. The predicted molar refractivity (Wildman–Crippen MR) is 83.2 cm³/mol. The number of hydrogen-bond acceptors (Lipinski definition) is 4. The summed E-state index contributed by atoms with van der Waals surface area (Å²) in [5.74, 6) is 4.11. The van der Waals surface area contributed by atoms with Crippen LogP contribution >= 0.6 is 0 Å². The van der Waals surface area contributed by atoms with E-state index in [1.807, 2.05) is 0 Å². The molecule has 2 heterocycles. The summed E-state index contributed by atoms with van der Waals surface area (Å²) in [5, 5.41) is 7.67. The Morgan fingerprint density at radius 3 is 2.67 bits per heavy atom. The van der Waals surface area contributed by atoms with Crippen LogP contribution in [0.4, 0.5) is 0 Å². The Kier molecular flexibility index (Phi) is 5.28. The molecule has 0 aromatic carbocycles. The Morgan fingerprint density at radius 1 is 1.10 bits per heavy atom. The lowest BCUT2D eigenvalue weighted by Gasteiger charge is -2.26. The van der Waals surface area contributed by atoms with E-state index >= 15 is 0 Å². The first-order valence-electron chi connectivity index (χ1n) is 8.88. The molecule has 1 aromatic rings. The summed E-state index contributed by atoms with van der Waals surface area (Å²) in [5.41, 5.74) is 0. The van der Waals surface area contributed by atoms with Crippen molar-refractivity contribution in [3.05, 3.63) is 11.7 Å². The first-order valence-corrected chi connectivity index (χ1v) is 8.88. The predicted octanol–water partition coefficient (Wildman–Crippen LogP) is 3.69. The maximum Gasteiger partial charge on any atom is 0.226 e. The molecule has 4 heteroatoms. The molecule has 118 valence electrons. The fourth-order valence-corrected chi connectivity index (χ4v) is 3.94. The van der Waals surface area contributed by atoms with Gasteiger partial charge >= 0.3 is 0 Å². The summed E-state index contributed by atoms with van der Waals surface area (Å²) in [7, 11) is 0. The van der Waals surface area contributed by atoms with Crippen molar-refractivity contribution >= 4 is 0 Å². The van der Waals surface area contributed by atoms with E-state index in [4.69, 9.17) is 4.52 Å². The van der Waals surface area contributed by atoms with Gasteiger partial charge < -0.3 is 9.84 Å². The number of nitrogens with zero attached hydrogens (tertiary/aromatic N) is 2. The van der Waals surface area contributed by atoms with Gasteiger partial charge in [0.15, 0.2) is 5.82 Å². The van der Waals surface area contributed by atoms with E-state index in [2.05, 4.69) is 22.4 Å². The van der Waals surface area contributed by atoms with Crippen molar-refractivity contribution in [3.8, 4) is 0 Å². The van der Waals surface area contributed by atoms with Crippen molar-refractivity contribution in [2.24, 2.45) is 11.8 Å². The summed E-state index contributed by atoms with van der Waals surface area (Å²) in [6.45, 7) is 4.61. The molecule has 1 saturated carbocycles. The van der Waals surface area contributed by atoms with Crippen LogP contribution < -0.4 is 5.32 Å². The van der Waals surface area contributed by atoms with Crippen molar-refractivity contribution in [1.82, 2.24) is 15.5 Å². The monoisotopic (exact) mass is 291 g/mol. The zero-order valence-corrected chi connectivity index (χ0v) is 13.3. The first-order chi connectivity index (χ1) is 10.3. The first kappa shape index (κ1) is 15.0. The number of aryl methyl sites for hydroxylation is 1. The molecule has 1 saturated heterocycles. The van der Waals surface area contributed by atoms with Crippen molar-refractivity contribution in [2.75, 3.05) is 13.1 Å². The van der Waals surface area contributed by atoms with E-state index in [0.717, 1.165) is 36.5 Å². The van der Waals surface area contributed by atoms with Gasteiger partial charge in [0, 0.05) is 12.3 Å². The maximum absolute atomic E-state index is 5.47. The average molecular weight is 291 g/mol. The van der Waals surface area contributed by atoms with Gasteiger partial charge in [-0.2, -0.15) is 4.98 Å². The van der Waals surface area contributed by atoms with Gasteiger partial charge in [-0.1, -0.05) is 24.9 Å². The molecule has 1 aromatic heterocycles. The summed E-state index contributed by atoms with van der Waals surface area (Å²) >= 11 is 0. The van der Waals surface area contributed by atoms with Crippen molar-refractivity contribution in [1.29, 1.82) is 0 Å². The van der Waals surface area contributed by atoms with Crippen LogP contribution in [0.25, 0.3) is 0 Å². The normalized spacial score (nSPS) is 29.9. The zero-order valence-electron chi connectivity index (χ0n) is 13.3. The van der Waals surface area contributed by atoms with E-state index in [9.17, 15) is 0 Å². The van der Waals surface area contributed by atoms with E-state index < -0.39 is 0 Å². The molecule has 1 atom stereocenters. The highest BCUT2D eigenvalue weighted by Crippen LogP contribution is 2.36. The molecular weight excluding hydrogens is 262 g/mol. The van der Waals surface area contributed by atoms with Gasteiger partial charge in [0.05, 0.1) is 0 Å². The molecule has 3 rings (SSSR count). The van der Waals surface area contributed by atoms with Gasteiger partial charge in [-0.25, -0.2) is 0 Å². The summed E-state index contributed by atoms with van der Waals surface area (Å²) in [6.07, 6.45) is 11.3. The van der Waals surface area contributed by atoms with Crippen LogP contribution in [0.15, 0.2) is 4.52 Å². The van der Waals surface area contributed by atoms with E-state index in [1.165, 1.54) is 57.9 Å². The average Bonchev–Trinajstić information content (AvgIpc) is 3.18. The quantitative estimate of drug-likeness (QED) is 0.868. The van der Waals surface area contributed by atoms with Crippen molar-refractivity contribution < 1.29 is 4.52 Å². The Labute approximate surface area is 128 Å². The number of rotatable bonds is 6. The molecular formula is C17H29N3O. The van der Waals surface area contributed by atoms with Gasteiger partial charge in [0.2, 0.25) is 5.89 Å². The molecule has 1 unspecified atom stereocenters. The lowest BCUT2D eigenvalue weighted by molar-refractivity contribution is 0.294. The Balaban J connectivity index is 1.46. The van der Waals surface area contributed by atoms with Crippen LogP contribution in [0, 0.1) is 11.8 Å². The molecule has 1 aliphatic carbocycles. The van der Waals surface area contributed by atoms with Crippen LogP contribution in [0.5, 0.6) is 0 Å². The zero-order chi connectivity index (χ0) is 14.5. The standard InChI is InChI=1S/C17H29N3O/c1-2-3-13-4-7-15(8-5-13)17-19-16(21-20-17)9-6-14-10-11-18-12-14/h13-15,18H,2-12H2,1H3. The smallest absolute Gasteiger partial charge is 0.226 e. The molecule has 0 bridgehead atoms. The molecule has 21 heavy (non-hydrogen) atoms. The SMILES string of the molecule is CCCC1CCC(c2noc(CCC3CCNC3)n2)CC1. The molecule has 2 fully saturated rings. The van der Waals surface area contributed by atoms with Crippen LogP contribution in [-0.2, 0) is 6.42 Å². The molecule has 0 amide bonds. The third kappa shape index (κ3) is 4.06. The molecule has 2 aliphatic rings. The number of aromatic nitrogens is 2. The lowest BCUT2D eigenvalue weighted by Crippen LogP contribution is -2.14. The second-order valence-electron chi connectivity index (χ2n) is 6.95. The lowest BCUT2D eigenvalue weighted by atomic mass is 9.80. The van der Waals surface area contributed by atoms with Crippen LogP contribution in [0.3, 0.4) is 0 Å². The third-order valence-corrected chi connectivity index (χ3v) is 5.32. The largest absolute Gasteiger partial charge is 0.339 e. The second-order valence-corrected chi connectivity index (χ2v) is 6.95. The number of nitrogens with one attached hydrogen (secondary N) is 1. The summed E-state index contributed by atoms with van der Waals surface area (Å²) in [4.78, 5) is 4.67. The molecule has 1 aliphatic heterocycles. The van der Waals surface area contributed by atoms with E-state index in [1.54, 1.807) is 0 Å². The minimum Gasteiger partial charge on any atom is -0.339 e. The van der Waals surface area contributed by atoms with Gasteiger partial charge in [0.1, 0.15) is 0 Å². The fourth-order valence-electron chi connectivity index (χ4n) is 3.94. The minimum atomic E-state index is 0.545. The van der Waals surface area contributed by atoms with Crippen LogP contribution in [-0.4, -0.2) is 23.2 Å². The highest BCUT2D eigenvalue weighted by molar-refractivity contribution is 4.98. The van der Waals surface area contributed by atoms with Crippen LogP contribution in [0.2, 0.25) is 0 Å².